The third-order valence-electron chi connectivity index (χ3n) is 6.48. The molecule has 2 aromatic carbocycles. The van der Waals surface area contributed by atoms with Crippen LogP contribution < -0.4 is 5.32 Å². The Labute approximate surface area is 216 Å². The van der Waals surface area contributed by atoms with E-state index in [0.717, 1.165) is 32.8 Å². The average molecular weight is 522 g/mol. The van der Waals surface area contributed by atoms with Crippen molar-refractivity contribution in [2.45, 2.75) is 22.7 Å². The number of aliphatic carboxylic acids is 1. The smallest absolute Gasteiger partial charge is 0.342 e. The van der Waals surface area contributed by atoms with E-state index in [0.29, 0.717) is 0 Å². The van der Waals surface area contributed by atoms with Gasteiger partial charge >= 0.3 is 17.8 Å². The standard InChI is InChI=1S/C25H23N5O6S/c31-18(13-16-7-3-1-4-8-16)27-19-20(32)28-15-25(24(35)36,37-23(19)28)29-11-12-30(22(34)21(29)33)26-14-17-9-5-2-6-10-17/h1-10,14,19,23H,11-13,15H2,(H,27,31)(H,35,36)/b26-14+/t19-,23-,25-/m1/s1. The van der Waals surface area contributed by atoms with Crippen LogP contribution in [0.3, 0.4) is 0 Å². The van der Waals surface area contributed by atoms with Crippen molar-refractivity contribution >= 4 is 47.6 Å². The second-order valence-electron chi connectivity index (χ2n) is 8.81. The maximum absolute atomic E-state index is 13.0. The zero-order chi connectivity index (χ0) is 26.2. The van der Waals surface area contributed by atoms with Crippen LogP contribution in [0.15, 0.2) is 65.8 Å². The molecule has 0 aliphatic carbocycles. The lowest BCUT2D eigenvalue weighted by molar-refractivity contribution is -0.165. The van der Waals surface area contributed by atoms with Crippen molar-refractivity contribution in [1.82, 2.24) is 20.1 Å². The summed E-state index contributed by atoms with van der Waals surface area (Å²) in [4.78, 5) is 64.0. The van der Waals surface area contributed by atoms with Crippen molar-refractivity contribution in [3.05, 3.63) is 71.8 Å². The molecule has 4 amide bonds. The lowest BCUT2D eigenvalue weighted by atomic mass is 10.0. The van der Waals surface area contributed by atoms with Gasteiger partial charge in [-0.15, -0.1) is 0 Å². The lowest BCUT2D eigenvalue weighted by Crippen LogP contribution is -2.68. The molecule has 3 aliphatic rings. The summed E-state index contributed by atoms with van der Waals surface area (Å²) in [5, 5.41) is 17.3. The van der Waals surface area contributed by atoms with E-state index in [1.807, 2.05) is 24.3 Å². The lowest BCUT2D eigenvalue weighted by Gasteiger charge is -2.41. The molecular formula is C25H23N5O6S. The number of rotatable bonds is 7. The molecule has 12 heteroatoms. The number of nitrogens with zero attached hydrogens (tertiary/aromatic N) is 4. The molecule has 5 rings (SSSR count). The number of hydrogen-bond donors (Lipinski definition) is 2. The predicted molar refractivity (Wildman–Crippen MR) is 133 cm³/mol. The minimum atomic E-state index is -1.85. The van der Waals surface area contributed by atoms with Gasteiger partial charge in [0.25, 0.3) is 0 Å². The molecule has 2 aromatic rings. The Kier molecular flexibility index (Phi) is 6.42. The van der Waals surface area contributed by atoms with E-state index in [1.54, 1.807) is 36.4 Å². The van der Waals surface area contributed by atoms with Crippen molar-refractivity contribution in [1.29, 1.82) is 0 Å². The minimum Gasteiger partial charge on any atom is -0.479 e. The Morgan fingerprint density at radius 1 is 1.03 bits per heavy atom. The van der Waals surface area contributed by atoms with E-state index in [2.05, 4.69) is 10.4 Å². The molecule has 0 bridgehead atoms. The second kappa shape index (κ2) is 9.69. The number of carboxylic acid groups (broad SMARTS) is 1. The van der Waals surface area contributed by atoms with Gasteiger partial charge in [-0.3, -0.25) is 19.2 Å². The van der Waals surface area contributed by atoms with Gasteiger partial charge in [-0.2, -0.15) is 5.10 Å². The molecular weight excluding hydrogens is 498 g/mol. The number of β-lactam (4-membered cyclic amide) rings is 1. The number of piperazine rings is 1. The van der Waals surface area contributed by atoms with Crippen LogP contribution in [-0.2, 0) is 30.4 Å². The topological polar surface area (TPSA) is 140 Å². The molecule has 37 heavy (non-hydrogen) atoms. The van der Waals surface area contributed by atoms with E-state index >= 15 is 0 Å². The first-order chi connectivity index (χ1) is 17.8. The first-order valence-corrected chi connectivity index (χ1v) is 12.5. The Hall–Kier alpha value is -4.19. The van der Waals surface area contributed by atoms with E-state index < -0.39 is 40.0 Å². The van der Waals surface area contributed by atoms with Crippen molar-refractivity contribution in [3.8, 4) is 0 Å². The van der Waals surface area contributed by atoms with Crippen molar-refractivity contribution < 1.29 is 29.1 Å². The van der Waals surface area contributed by atoms with Crippen LogP contribution in [0.2, 0.25) is 0 Å². The molecule has 3 atom stereocenters. The number of carboxylic acids is 1. The average Bonchev–Trinajstić information content (AvgIpc) is 3.27. The highest BCUT2D eigenvalue weighted by atomic mass is 32.2. The summed E-state index contributed by atoms with van der Waals surface area (Å²) in [5.74, 6) is -4.09. The van der Waals surface area contributed by atoms with Crippen LogP contribution in [0.4, 0.5) is 0 Å². The Morgan fingerprint density at radius 3 is 2.38 bits per heavy atom. The van der Waals surface area contributed by atoms with Gasteiger partial charge in [-0.25, -0.2) is 9.80 Å². The number of hydrogen-bond acceptors (Lipinski definition) is 7. The van der Waals surface area contributed by atoms with Crippen LogP contribution in [0.25, 0.3) is 0 Å². The summed E-state index contributed by atoms with van der Waals surface area (Å²) < 4.78 is 0. The number of benzene rings is 2. The summed E-state index contributed by atoms with van der Waals surface area (Å²) in [6, 6.07) is 17.1. The van der Waals surface area contributed by atoms with E-state index in [1.165, 1.54) is 11.1 Å². The highest BCUT2D eigenvalue weighted by Gasteiger charge is 2.66. The van der Waals surface area contributed by atoms with E-state index in [9.17, 15) is 29.1 Å². The molecule has 0 radical (unpaired) electrons. The maximum Gasteiger partial charge on any atom is 0.342 e. The Bertz CT molecular complexity index is 1290. The Balaban J connectivity index is 1.28. The summed E-state index contributed by atoms with van der Waals surface area (Å²) in [5.41, 5.74) is 1.52. The number of carbonyl (C=O) groups is 5. The summed E-state index contributed by atoms with van der Waals surface area (Å²) in [6.45, 7) is -0.358. The van der Waals surface area contributed by atoms with Crippen molar-refractivity contribution in [2.75, 3.05) is 19.6 Å². The third kappa shape index (κ3) is 4.44. The fourth-order valence-corrected chi connectivity index (χ4v) is 6.21. The molecule has 0 saturated carbocycles. The summed E-state index contributed by atoms with van der Waals surface area (Å²) in [7, 11) is 0. The van der Waals surface area contributed by atoms with Gasteiger partial charge in [-0.1, -0.05) is 72.4 Å². The number of amides is 4. The number of carbonyl (C=O) groups excluding carboxylic acids is 4. The van der Waals surface area contributed by atoms with Gasteiger partial charge < -0.3 is 20.2 Å². The van der Waals surface area contributed by atoms with Crippen LogP contribution in [0.5, 0.6) is 0 Å². The zero-order valence-electron chi connectivity index (χ0n) is 19.5. The monoisotopic (exact) mass is 521 g/mol. The normalized spacial score (nSPS) is 25.3. The van der Waals surface area contributed by atoms with Crippen LogP contribution in [-0.4, -0.2) is 91.6 Å². The molecule has 0 spiro atoms. The number of hydrazone groups is 1. The van der Waals surface area contributed by atoms with Gasteiger partial charge in [0, 0.05) is 6.54 Å². The highest BCUT2D eigenvalue weighted by Crippen LogP contribution is 2.49. The maximum atomic E-state index is 13.0. The first kappa shape index (κ1) is 24.5. The highest BCUT2D eigenvalue weighted by molar-refractivity contribution is 8.02. The SMILES string of the molecule is O=C(Cc1ccccc1)N[C@@H]1C(=O)N2C[C@@](C(=O)O)(N3CCN(/N=C/c4ccccc4)C(=O)C3=O)S[C@H]12. The largest absolute Gasteiger partial charge is 0.479 e. The first-order valence-electron chi connectivity index (χ1n) is 11.6. The molecule has 2 N–H and O–H groups in total. The Morgan fingerprint density at radius 2 is 1.70 bits per heavy atom. The molecule has 3 saturated heterocycles. The predicted octanol–water partition coefficient (Wildman–Crippen LogP) is 0.115. The van der Waals surface area contributed by atoms with Gasteiger partial charge in [-0.05, 0) is 11.1 Å². The van der Waals surface area contributed by atoms with Gasteiger partial charge in [0.05, 0.1) is 25.7 Å². The molecule has 3 aliphatic heterocycles. The van der Waals surface area contributed by atoms with Crippen LogP contribution >= 0.6 is 11.8 Å². The molecule has 11 nitrogen and oxygen atoms in total. The molecule has 3 fully saturated rings. The third-order valence-corrected chi connectivity index (χ3v) is 8.16. The number of thioether (sulfide) groups is 1. The number of fused-ring (bicyclic) bond motifs is 1. The minimum absolute atomic E-state index is 0.000645. The van der Waals surface area contributed by atoms with Gasteiger partial charge in [0.1, 0.15) is 11.4 Å². The second-order valence-corrected chi connectivity index (χ2v) is 10.2. The van der Waals surface area contributed by atoms with Gasteiger partial charge in [0.2, 0.25) is 16.7 Å². The quantitative estimate of drug-likeness (QED) is 0.300. The molecule has 190 valence electrons. The molecule has 3 heterocycles. The molecule has 0 aromatic heterocycles. The zero-order valence-corrected chi connectivity index (χ0v) is 20.3. The fourth-order valence-electron chi connectivity index (χ4n) is 4.57. The summed E-state index contributed by atoms with van der Waals surface area (Å²) >= 11 is 0.887. The van der Waals surface area contributed by atoms with Gasteiger partial charge in [0.15, 0.2) is 0 Å². The van der Waals surface area contributed by atoms with Crippen LogP contribution in [0.1, 0.15) is 11.1 Å². The van der Waals surface area contributed by atoms with E-state index in [-0.39, 0.29) is 32.0 Å². The molecule has 0 unspecified atom stereocenters. The van der Waals surface area contributed by atoms with E-state index in [4.69, 9.17) is 0 Å². The fraction of sp³-hybridized carbons (Fsp3) is 0.280. The van der Waals surface area contributed by atoms with Crippen molar-refractivity contribution in [2.24, 2.45) is 5.10 Å². The van der Waals surface area contributed by atoms with Crippen molar-refractivity contribution in [3.63, 3.8) is 0 Å². The summed E-state index contributed by atoms with van der Waals surface area (Å²) in [6.07, 6.45) is 1.52. The van der Waals surface area contributed by atoms with Crippen LogP contribution in [0, 0.1) is 0 Å². The number of nitrogens with one attached hydrogen (secondary N) is 1.